The predicted molar refractivity (Wildman–Crippen MR) is 60.8 cm³/mol. The van der Waals surface area contributed by atoms with Crippen LogP contribution >= 0.6 is 0 Å². The Hall–Kier alpha value is -1.49. The van der Waals surface area contributed by atoms with Gasteiger partial charge in [-0.05, 0) is 25.0 Å². The first-order chi connectivity index (χ1) is 8.25. The summed E-state index contributed by atoms with van der Waals surface area (Å²) in [7, 11) is 0. The third-order valence-electron chi connectivity index (χ3n) is 2.99. The molecular formula is C12H13F2N3. The fourth-order valence-corrected chi connectivity index (χ4v) is 1.96. The summed E-state index contributed by atoms with van der Waals surface area (Å²) >= 11 is 0. The minimum absolute atomic E-state index is 0.406. The molecular weight excluding hydrogens is 224 g/mol. The first-order valence-electron chi connectivity index (χ1n) is 5.73. The van der Waals surface area contributed by atoms with Gasteiger partial charge in [0.25, 0.3) is 0 Å². The topological polar surface area (TPSA) is 29.9 Å². The molecule has 1 N–H and O–H groups in total. The average Bonchev–Trinajstić information content (AvgIpc) is 3.05. The smallest absolute Gasteiger partial charge is 0.307 e. The molecule has 3 rings (SSSR count). The summed E-state index contributed by atoms with van der Waals surface area (Å²) in [5, 5.41) is 3.21. The van der Waals surface area contributed by atoms with Gasteiger partial charge in [-0.2, -0.15) is 8.78 Å². The number of imidazole rings is 1. The van der Waals surface area contributed by atoms with E-state index < -0.39 is 6.55 Å². The van der Waals surface area contributed by atoms with E-state index in [-0.39, 0.29) is 0 Å². The summed E-state index contributed by atoms with van der Waals surface area (Å²) in [5.41, 5.74) is 1.12. The molecule has 0 radical (unpaired) electrons. The standard InChI is InChI=1S/C12H13F2N3/c13-12(14)17-10-4-2-1-3-9(10)16-11(17)7-15-8-5-6-8/h1-4,8,12,15H,5-7H2. The second kappa shape index (κ2) is 4.07. The monoisotopic (exact) mass is 237 g/mol. The van der Waals surface area contributed by atoms with Gasteiger partial charge in [0.15, 0.2) is 0 Å². The molecule has 0 unspecified atom stereocenters. The Kier molecular flexibility index (Phi) is 2.55. The van der Waals surface area contributed by atoms with E-state index in [9.17, 15) is 8.78 Å². The van der Waals surface area contributed by atoms with Gasteiger partial charge in [-0.1, -0.05) is 12.1 Å². The van der Waals surface area contributed by atoms with E-state index in [0.717, 1.165) is 17.4 Å². The molecule has 1 saturated carbocycles. The van der Waals surface area contributed by atoms with Crippen LogP contribution in [0.25, 0.3) is 11.0 Å². The molecule has 0 atom stereocenters. The maximum absolute atomic E-state index is 13.0. The highest BCUT2D eigenvalue weighted by Gasteiger charge is 2.23. The Balaban J connectivity index is 1.98. The normalized spacial score (nSPS) is 15.9. The van der Waals surface area contributed by atoms with Crippen molar-refractivity contribution >= 4 is 11.0 Å². The first-order valence-corrected chi connectivity index (χ1v) is 5.73. The van der Waals surface area contributed by atoms with Crippen molar-refractivity contribution in [3.8, 4) is 0 Å². The molecule has 1 aliphatic carbocycles. The van der Waals surface area contributed by atoms with Crippen molar-refractivity contribution in [1.29, 1.82) is 0 Å². The molecule has 5 heteroatoms. The lowest BCUT2D eigenvalue weighted by Gasteiger charge is -2.08. The molecule has 0 spiro atoms. The average molecular weight is 237 g/mol. The van der Waals surface area contributed by atoms with Crippen LogP contribution in [0.3, 0.4) is 0 Å². The predicted octanol–water partition coefficient (Wildman–Crippen LogP) is 2.68. The number of nitrogens with zero attached hydrogens (tertiary/aromatic N) is 2. The zero-order valence-electron chi connectivity index (χ0n) is 9.24. The molecule has 1 aromatic carbocycles. The van der Waals surface area contributed by atoms with E-state index in [2.05, 4.69) is 10.3 Å². The van der Waals surface area contributed by atoms with Crippen LogP contribution in [0, 0.1) is 0 Å². The van der Waals surface area contributed by atoms with Crippen LogP contribution in [0.15, 0.2) is 24.3 Å². The van der Waals surface area contributed by atoms with Crippen LogP contribution in [-0.2, 0) is 6.54 Å². The lowest BCUT2D eigenvalue weighted by Crippen LogP contribution is -2.19. The van der Waals surface area contributed by atoms with Crippen LogP contribution < -0.4 is 5.32 Å². The quantitative estimate of drug-likeness (QED) is 0.886. The number of alkyl halides is 2. The van der Waals surface area contributed by atoms with E-state index in [4.69, 9.17) is 0 Å². The number of halogens is 2. The van der Waals surface area contributed by atoms with Crippen LogP contribution in [0.2, 0.25) is 0 Å². The van der Waals surface area contributed by atoms with E-state index >= 15 is 0 Å². The number of benzene rings is 1. The summed E-state index contributed by atoms with van der Waals surface area (Å²) in [4.78, 5) is 4.25. The second-order valence-electron chi connectivity index (χ2n) is 4.32. The van der Waals surface area contributed by atoms with E-state index in [0.29, 0.717) is 29.4 Å². The second-order valence-corrected chi connectivity index (χ2v) is 4.32. The summed E-state index contributed by atoms with van der Waals surface area (Å²) in [6, 6.07) is 7.48. The Morgan fingerprint density at radius 2 is 2.12 bits per heavy atom. The molecule has 3 nitrogen and oxygen atoms in total. The van der Waals surface area contributed by atoms with Gasteiger partial charge >= 0.3 is 6.55 Å². The van der Waals surface area contributed by atoms with Crippen molar-refractivity contribution in [3.63, 3.8) is 0 Å². The van der Waals surface area contributed by atoms with Gasteiger partial charge in [-0.25, -0.2) is 4.98 Å². The van der Waals surface area contributed by atoms with Crippen LogP contribution in [0.1, 0.15) is 25.2 Å². The van der Waals surface area contributed by atoms with Crippen molar-refractivity contribution in [2.75, 3.05) is 0 Å². The van der Waals surface area contributed by atoms with E-state index in [1.165, 1.54) is 0 Å². The fraction of sp³-hybridized carbons (Fsp3) is 0.417. The number of para-hydroxylation sites is 2. The molecule has 1 aromatic heterocycles. The maximum Gasteiger partial charge on any atom is 0.320 e. The van der Waals surface area contributed by atoms with Gasteiger partial charge in [0.1, 0.15) is 5.82 Å². The molecule has 90 valence electrons. The summed E-state index contributed by atoms with van der Waals surface area (Å²) < 4.78 is 27.1. The Bertz CT molecular complexity index is 532. The lowest BCUT2D eigenvalue weighted by molar-refractivity contribution is 0.0711. The van der Waals surface area contributed by atoms with Crippen LogP contribution in [0.4, 0.5) is 8.78 Å². The number of hydrogen-bond acceptors (Lipinski definition) is 2. The fourth-order valence-electron chi connectivity index (χ4n) is 1.96. The van der Waals surface area contributed by atoms with E-state index in [1.54, 1.807) is 18.2 Å². The van der Waals surface area contributed by atoms with E-state index in [1.807, 2.05) is 6.07 Å². The van der Waals surface area contributed by atoms with Crippen molar-refractivity contribution in [2.45, 2.75) is 32.0 Å². The van der Waals surface area contributed by atoms with Gasteiger partial charge in [0.2, 0.25) is 0 Å². The van der Waals surface area contributed by atoms with Crippen molar-refractivity contribution in [3.05, 3.63) is 30.1 Å². The molecule has 1 heterocycles. The third kappa shape index (κ3) is 2.02. The van der Waals surface area contributed by atoms with Crippen molar-refractivity contribution in [2.24, 2.45) is 0 Å². The molecule has 0 aliphatic heterocycles. The van der Waals surface area contributed by atoms with Crippen molar-refractivity contribution in [1.82, 2.24) is 14.9 Å². The maximum atomic E-state index is 13.0. The van der Waals surface area contributed by atoms with Gasteiger partial charge in [0, 0.05) is 6.04 Å². The SMILES string of the molecule is FC(F)n1c(CNC2CC2)nc2ccccc21. The van der Waals surface area contributed by atoms with Gasteiger partial charge in [-0.3, -0.25) is 4.57 Å². The van der Waals surface area contributed by atoms with Crippen LogP contribution in [-0.4, -0.2) is 15.6 Å². The number of fused-ring (bicyclic) bond motifs is 1. The third-order valence-corrected chi connectivity index (χ3v) is 2.99. The molecule has 0 saturated heterocycles. The highest BCUT2D eigenvalue weighted by atomic mass is 19.3. The number of nitrogens with one attached hydrogen (secondary N) is 1. The largest absolute Gasteiger partial charge is 0.320 e. The molecule has 0 amide bonds. The highest BCUT2D eigenvalue weighted by Crippen LogP contribution is 2.24. The highest BCUT2D eigenvalue weighted by molar-refractivity contribution is 5.75. The molecule has 17 heavy (non-hydrogen) atoms. The molecule has 0 bridgehead atoms. The number of hydrogen-bond donors (Lipinski definition) is 1. The number of rotatable bonds is 4. The molecule has 2 aromatic rings. The van der Waals surface area contributed by atoms with Crippen LogP contribution in [0.5, 0.6) is 0 Å². The Morgan fingerprint density at radius 3 is 2.82 bits per heavy atom. The van der Waals surface area contributed by atoms with Gasteiger partial charge < -0.3 is 5.32 Å². The van der Waals surface area contributed by atoms with Gasteiger partial charge in [0.05, 0.1) is 17.6 Å². The molecule has 1 fully saturated rings. The minimum Gasteiger partial charge on any atom is -0.307 e. The molecule has 1 aliphatic rings. The Morgan fingerprint density at radius 1 is 1.35 bits per heavy atom. The zero-order chi connectivity index (χ0) is 11.8. The first kappa shape index (κ1) is 10.7. The zero-order valence-corrected chi connectivity index (χ0v) is 9.24. The Labute approximate surface area is 97.5 Å². The minimum atomic E-state index is -2.54. The summed E-state index contributed by atoms with van der Waals surface area (Å²) in [6.45, 7) is -2.14. The summed E-state index contributed by atoms with van der Waals surface area (Å²) in [6.07, 6.45) is 2.27. The van der Waals surface area contributed by atoms with Gasteiger partial charge in [-0.15, -0.1) is 0 Å². The number of aromatic nitrogens is 2. The van der Waals surface area contributed by atoms with Crippen molar-refractivity contribution < 1.29 is 8.78 Å². The lowest BCUT2D eigenvalue weighted by atomic mass is 10.3. The summed E-state index contributed by atoms with van der Waals surface area (Å²) in [5.74, 6) is 0.410.